The second-order valence-corrected chi connectivity index (χ2v) is 6.89. The SMILES string of the molecule is Cc1cc(NC2CCC(C)(C)CC2C)ccc1[N+](=O)[O-]. The van der Waals surface area contributed by atoms with Crippen molar-refractivity contribution in [1.82, 2.24) is 0 Å². The first-order chi connectivity index (χ1) is 9.28. The zero-order chi connectivity index (χ0) is 14.9. The molecule has 4 nitrogen and oxygen atoms in total. The molecule has 0 heterocycles. The first kappa shape index (κ1) is 14.8. The Morgan fingerprint density at radius 2 is 2.10 bits per heavy atom. The Balaban J connectivity index is 2.07. The molecular weight excluding hydrogens is 252 g/mol. The van der Waals surface area contributed by atoms with E-state index in [9.17, 15) is 10.1 Å². The van der Waals surface area contributed by atoms with Crippen LogP contribution in [0.4, 0.5) is 11.4 Å². The molecule has 0 spiro atoms. The predicted molar refractivity (Wildman–Crippen MR) is 82.0 cm³/mol. The van der Waals surface area contributed by atoms with Gasteiger partial charge in [0.25, 0.3) is 5.69 Å². The van der Waals surface area contributed by atoms with Crippen LogP contribution in [0.5, 0.6) is 0 Å². The lowest BCUT2D eigenvalue weighted by molar-refractivity contribution is -0.385. The van der Waals surface area contributed by atoms with Gasteiger partial charge in [-0.15, -0.1) is 0 Å². The highest BCUT2D eigenvalue weighted by Crippen LogP contribution is 2.39. The van der Waals surface area contributed by atoms with Crippen molar-refractivity contribution in [3.63, 3.8) is 0 Å². The molecule has 2 rings (SSSR count). The van der Waals surface area contributed by atoms with Gasteiger partial charge in [-0.25, -0.2) is 0 Å². The molecule has 20 heavy (non-hydrogen) atoms. The Labute approximate surface area is 120 Å². The molecule has 1 aliphatic rings. The molecule has 0 radical (unpaired) electrons. The van der Waals surface area contributed by atoms with Crippen molar-refractivity contribution >= 4 is 11.4 Å². The molecule has 4 heteroatoms. The highest BCUT2D eigenvalue weighted by atomic mass is 16.6. The summed E-state index contributed by atoms with van der Waals surface area (Å²) in [4.78, 5) is 10.5. The predicted octanol–water partition coefficient (Wildman–Crippen LogP) is 4.53. The molecule has 1 aliphatic carbocycles. The number of nitro benzene ring substituents is 1. The van der Waals surface area contributed by atoms with Crippen LogP contribution in [0.3, 0.4) is 0 Å². The number of anilines is 1. The highest BCUT2D eigenvalue weighted by molar-refractivity contribution is 5.54. The normalized spacial score (nSPS) is 25.2. The van der Waals surface area contributed by atoms with Gasteiger partial charge >= 0.3 is 0 Å². The fourth-order valence-electron chi connectivity index (χ4n) is 3.33. The van der Waals surface area contributed by atoms with Gasteiger partial charge in [-0.1, -0.05) is 20.8 Å². The standard InChI is InChI=1S/C16H24N2O2/c1-11-9-13(5-6-15(11)18(19)20)17-14-7-8-16(3,4)10-12(14)2/h5-6,9,12,14,17H,7-8,10H2,1-4H3. The Morgan fingerprint density at radius 3 is 2.65 bits per heavy atom. The molecule has 0 aromatic heterocycles. The molecule has 0 amide bonds. The molecular formula is C16H24N2O2. The van der Waals surface area contributed by atoms with E-state index in [1.165, 1.54) is 12.8 Å². The summed E-state index contributed by atoms with van der Waals surface area (Å²) >= 11 is 0. The van der Waals surface area contributed by atoms with Gasteiger partial charge in [-0.05, 0) is 49.7 Å². The van der Waals surface area contributed by atoms with Crippen molar-refractivity contribution in [1.29, 1.82) is 0 Å². The number of rotatable bonds is 3. The molecule has 0 aliphatic heterocycles. The minimum Gasteiger partial charge on any atom is -0.382 e. The fourth-order valence-corrected chi connectivity index (χ4v) is 3.33. The van der Waals surface area contributed by atoms with E-state index < -0.39 is 0 Å². The molecule has 0 bridgehead atoms. The number of nitro groups is 1. The summed E-state index contributed by atoms with van der Waals surface area (Å²) in [6.07, 6.45) is 3.60. The van der Waals surface area contributed by atoms with Gasteiger partial charge in [0.05, 0.1) is 4.92 Å². The summed E-state index contributed by atoms with van der Waals surface area (Å²) in [7, 11) is 0. The van der Waals surface area contributed by atoms with Crippen molar-refractivity contribution in [2.45, 2.75) is 53.0 Å². The smallest absolute Gasteiger partial charge is 0.272 e. The van der Waals surface area contributed by atoms with Crippen LogP contribution in [0.15, 0.2) is 18.2 Å². The van der Waals surface area contributed by atoms with E-state index in [0.717, 1.165) is 12.1 Å². The first-order valence-electron chi connectivity index (χ1n) is 7.30. The number of benzene rings is 1. The first-order valence-corrected chi connectivity index (χ1v) is 7.30. The fraction of sp³-hybridized carbons (Fsp3) is 0.625. The number of nitrogens with one attached hydrogen (secondary N) is 1. The van der Waals surface area contributed by atoms with Gasteiger partial charge in [0.15, 0.2) is 0 Å². The molecule has 1 aromatic carbocycles. The maximum Gasteiger partial charge on any atom is 0.272 e. The van der Waals surface area contributed by atoms with Crippen LogP contribution in [0.1, 0.15) is 45.6 Å². The third-order valence-electron chi connectivity index (χ3n) is 4.44. The van der Waals surface area contributed by atoms with Crippen LogP contribution in [0.25, 0.3) is 0 Å². The number of hydrogen-bond donors (Lipinski definition) is 1. The van der Waals surface area contributed by atoms with Crippen LogP contribution in [-0.4, -0.2) is 11.0 Å². The Bertz CT molecular complexity index is 511. The molecule has 110 valence electrons. The summed E-state index contributed by atoms with van der Waals surface area (Å²) in [5.74, 6) is 0.620. The van der Waals surface area contributed by atoms with Crippen molar-refractivity contribution in [3.8, 4) is 0 Å². The quantitative estimate of drug-likeness (QED) is 0.652. The van der Waals surface area contributed by atoms with E-state index in [1.807, 2.05) is 12.1 Å². The Kier molecular flexibility index (Phi) is 4.02. The maximum atomic E-state index is 10.8. The van der Waals surface area contributed by atoms with Crippen molar-refractivity contribution < 1.29 is 4.92 Å². The molecule has 2 atom stereocenters. The number of hydrogen-bond acceptors (Lipinski definition) is 3. The summed E-state index contributed by atoms with van der Waals surface area (Å²) < 4.78 is 0. The second kappa shape index (κ2) is 5.43. The van der Waals surface area contributed by atoms with E-state index >= 15 is 0 Å². The van der Waals surface area contributed by atoms with Crippen LogP contribution >= 0.6 is 0 Å². The third kappa shape index (κ3) is 3.30. The van der Waals surface area contributed by atoms with Gasteiger partial charge in [-0.2, -0.15) is 0 Å². The van der Waals surface area contributed by atoms with E-state index in [2.05, 4.69) is 26.1 Å². The van der Waals surface area contributed by atoms with Gasteiger partial charge < -0.3 is 5.32 Å². The minimum atomic E-state index is -0.329. The lowest BCUT2D eigenvalue weighted by atomic mass is 9.70. The second-order valence-electron chi connectivity index (χ2n) is 6.89. The number of nitrogens with zero attached hydrogens (tertiary/aromatic N) is 1. The zero-order valence-corrected chi connectivity index (χ0v) is 12.8. The summed E-state index contributed by atoms with van der Waals surface area (Å²) in [6, 6.07) is 5.75. The van der Waals surface area contributed by atoms with E-state index in [4.69, 9.17) is 0 Å². The van der Waals surface area contributed by atoms with Gasteiger partial charge in [0.2, 0.25) is 0 Å². The van der Waals surface area contributed by atoms with E-state index in [0.29, 0.717) is 22.9 Å². The number of aryl methyl sites for hydroxylation is 1. The molecule has 1 saturated carbocycles. The van der Waals surface area contributed by atoms with Crippen molar-refractivity contribution in [2.24, 2.45) is 11.3 Å². The zero-order valence-electron chi connectivity index (χ0n) is 12.8. The maximum absolute atomic E-state index is 10.8. The topological polar surface area (TPSA) is 55.2 Å². The van der Waals surface area contributed by atoms with Gasteiger partial charge in [-0.3, -0.25) is 10.1 Å². The van der Waals surface area contributed by atoms with Crippen LogP contribution < -0.4 is 5.32 Å². The minimum absolute atomic E-state index is 0.188. The van der Waals surface area contributed by atoms with E-state index in [-0.39, 0.29) is 10.6 Å². The Hall–Kier alpha value is -1.58. The lowest BCUT2D eigenvalue weighted by Gasteiger charge is -2.40. The molecule has 2 unspecified atom stereocenters. The average Bonchev–Trinajstić information content (AvgIpc) is 2.32. The molecule has 0 saturated heterocycles. The van der Waals surface area contributed by atoms with Gasteiger partial charge in [0.1, 0.15) is 0 Å². The van der Waals surface area contributed by atoms with Crippen molar-refractivity contribution in [3.05, 3.63) is 33.9 Å². The van der Waals surface area contributed by atoms with E-state index in [1.54, 1.807) is 13.0 Å². The molecule has 1 fully saturated rings. The molecule has 1 aromatic rings. The average molecular weight is 276 g/mol. The third-order valence-corrected chi connectivity index (χ3v) is 4.44. The van der Waals surface area contributed by atoms with Crippen molar-refractivity contribution in [2.75, 3.05) is 5.32 Å². The monoisotopic (exact) mass is 276 g/mol. The lowest BCUT2D eigenvalue weighted by Crippen LogP contribution is -2.36. The largest absolute Gasteiger partial charge is 0.382 e. The van der Waals surface area contributed by atoms with Crippen LogP contribution in [0.2, 0.25) is 0 Å². The highest BCUT2D eigenvalue weighted by Gasteiger charge is 2.32. The Morgan fingerprint density at radius 1 is 1.40 bits per heavy atom. The molecule has 1 N–H and O–H groups in total. The summed E-state index contributed by atoms with van der Waals surface area (Å²) in [5, 5.41) is 14.4. The van der Waals surface area contributed by atoms with Crippen LogP contribution in [-0.2, 0) is 0 Å². The van der Waals surface area contributed by atoms with Crippen LogP contribution in [0, 0.1) is 28.4 Å². The summed E-state index contributed by atoms with van der Waals surface area (Å²) in [6.45, 7) is 8.74. The summed E-state index contributed by atoms with van der Waals surface area (Å²) in [5.41, 5.74) is 2.32. The van der Waals surface area contributed by atoms with Gasteiger partial charge in [0, 0.05) is 23.4 Å².